The molecule has 4 aromatic rings. The first-order valence-corrected chi connectivity index (χ1v) is 23.5. The minimum absolute atomic E-state index is 0. The largest absolute Gasteiger partial charge is 2.00 e. The molecular weight excluding hydrogens is 1040 g/mol. The smallest absolute Gasteiger partial charge is 0.512 e. The van der Waals surface area contributed by atoms with Crippen LogP contribution in [0.25, 0.3) is 11.1 Å². The van der Waals surface area contributed by atoms with Crippen LogP contribution >= 0.6 is 0 Å². The Morgan fingerprint density at radius 3 is 0.863 bits per heavy atom. The summed E-state index contributed by atoms with van der Waals surface area (Å²) in [5, 5.41) is 42.4. The Morgan fingerprint density at radius 2 is 0.630 bits per heavy atom. The van der Waals surface area contributed by atoms with Crippen LogP contribution in [0.4, 0.5) is 11.4 Å². The molecule has 0 bridgehead atoms. The van der Waals surface area contributed by atoms with E-state index in [0.717, 1.165) is 26.2 Å². The van der Waals surface area contributed by atoms with Gasteiger partial charge in [0.15, 0.2) is 0 Å². The van der Waals surface area contributed by atoms with Crippen LogP contribution in [0.15, 0.2) is 169 Å². The molecule has 2 aliphatic heterocycles. The van der Waals surface area contributed by atoms with Gasteiger partial charge in [-0.1, -0.05) is 134 Å². The number of anilines is 2. The van der Waals surface area contributed by atoms with Crippen molar-refractivity contribution >= 4 is 22.5 Å². The van der Waals surface area contributed by atoms with Gasteiger partial charge in [-0.05, 0) is 96.5 Å². The molecule has 73 heavy (non-hydrogen) atoms. The second kappa shape index (κ2) is 40.9. The van der Waals surface area contributed by atoms with E-state index in [1.807, 2.05) is 0 Å². The first-order valence-electron chi connectivity index (χ1n) is 23.5. The molecule has 0 amide bonds. The topological polar surface area (TPSA) is 182 Å². The van der Waals surface area contributed by atoms with E-state index in [-0.39, 0.29) is 62.0 Å². The maximum Gasteiger partial charge on any atom is 2.00 e. The third-order valence-electron chi connectivity index (χ3n) is 12.9. The van der Waals surface area contributed by atoms with Crippen molar-refractivity contribution in [3.63, 3.8) is 0 Å². The number of quaternary nitrogens is 2. The summed E-state index contributed by atoms with van der Waals surface area (Å²) in [6, 6.07) is 39.8. The van der Waals surface area contributed by atoms with Gasteiger partial charge in [-0.3, -0.25) is 0 Å². The van der Waals surface area contributed by atoms with E-state index in [9.17, 15) is 0 Å². The Hall–Kier alpha value is -6.66. The zero-order chi connectivity index (χ0) is 52.2. The summed E-state index contributed by atoms with van der Waals surface area (Å²) < 4.78 is 0. The average Bonchev–Trinajstić information content (AvgIpc) is 3.46. The molecule has 10 nitrogen and oxygen atoms in total. The number of piperidine rings is 2. The maximum atomic E-state index is 6.25. The molecule has 4 N–H and O–H groups in total. The van der Waals surface area contributed by atoms with E-state index < -0.39 is 0 Å². The van der Waals surface area contributed by atoms with Crippen molar-refractivity contribution in [3.8, 4) is 0 Å². The molecule has 386 valence electrons. The van der Waals surface area contributed by atoms with Gasteiger partial charge in [0.05, 0.1) is 26.2 Å². The van der Waals surface area contributed by atoms with Gasteiger partial charge < -0.3 is 91.4 Å². The quantitative estimate of drug-likeness (QED) is 0.116. The number of nitrogens with zero attached hydrogens (tertiary/aromatic N) is 8. The normalized spacial score (nSPS) is 14.1. The predicted molar refractivity (Wildman–Crippen MR) is 278 cm³/mol. The molecule has 0 radical (unpaired) electrons. The predicted octanol–water partition coefficient (Wildman–Crippen LogP) is 10.2. The molecular formula is C60H66Cu2FeN10. The van der Waals surface area contributed by atoms with Crippen LogP contribution in [0.2, 0.25) is 0 Å². The van der Waals surface area contributed by atoms with Crippen molar-refractivity contribution in [1.82, 2.24) is 0 Å². The number of nitrogens with two attached hydrogens (primary N) is 2. The first kappa shape index (κ1) is 70.6. The number of hydrogen-bond acceptors (Lipinski definition) is 8. The Bertz CT molecular complexity index is 2190. The minimum Gasteiger partial charge on any atom is -0.512 e. The van der Waals surface area contributed by atoms with Crippen LogP contribution < -0.4 is 20.4 Å². The Kier molecular flexibility index (Phi) is 39.5. The fourth-order valence-electron chi connectivity index (χ4n) is 9.33. The molecule has 0 saturated carbocycles. The van der Waals surface area contributed by atoms with Crippen LogP contribution in [0.1, 0.15) is 75.6 Å². The zero-order valence-corrected chi connectivity index (χ0v) is 45.2. The van der Waals surface area contributed by atoms with Gasteiger partial charge in [-0.15, -0.1) is 0 Å². The van der Waals surface area contributed by atoms with Crippen LogP contribution in [0.3, 0.4) is 0 Å². The van der Waals surface area contributed by atoms with Gasteiger partial charge in [-0.2, -0.15) is 0 Å². The standard InChI is InChI=1S/2C27H32N2.6CN.2Cu.Fe/c2*1-3-29(4-2)25-12-10-23(11-13-25)26(22-8-6-5-7-9-22)24-14-16-27(17-15-24)18-20-28-21-19-27;6*1-2;;;/h2*5-17,28H,3-4,18-21H2,1-2H3;;;;;;;;;/q;;6*-1;2*+1;+2/p+2. The zero-order valence-electron chi connectivity index (χ0n) is 42.2. The average molecular weight is 1110 g/mol. The van der Waals surface area contributed by atoms with Crippen molar-refractivity contribution in [2.24, 2.45) is 10.8 Å². The third-order valence-corrected chi connectivity index (χ3v) is 12.9. The van der Waals surface area contributed by atoms with Crippen molar-refractivity contribution in [2.45, 2.75) is 53.4 Å². The van der Waals surface area contributed by atoms with Gasteiger partial charge in [0, 0.05) is 74.1 Å². The van der Waals surface area contributed by atoms with E-state index >= 15 is 0 Å². The minimum atomic E-state index is 0. The van der Waals surface area contributed by atoms with Crippen molar-refractivity contribution in [3.05, 3.63) is 231 Å². The molecule has 2 heterocycles. The third kappa shape index (κ3) is 20.4. The molecule has 8 rings (SSSR count). The summed E-state index contributed by atoms with van der Waals surface area (Å²) in [4.78, 5) is 4.78. The summed E-state index contributed by atoms with van der Waals surface area (Å²) in [6.45, 7) is 46.4. The van der Waals surface area contributed by atoms with E-state index in [2.05, 4.69) is 206 Å². The Morgan fingerprint density at radius 1 is 0.397 bits per heavy atom. The van der Waals surface area contributed by atoms with Crippen LogP contribution in [0.5, 0.6) is 0 Å². The second-order valence-corrected chi connectivity index (χ2v) is 16.4. The van der Waals surface area contributed by atoms with E-state index in [4.69, 9.17) is 71.0 Å². The van der Waals surface area contributed by atoms with Crippen LogP contribution in [0, 0.1) is 81.8 Å². The molecule has 13 heteroatoms. The summed E-state index contributed by atoms with van der Waals surface area (Å²) >= 11 is 0. The fourth-order valence-corrected chi connectivity index (χ4v) is 9.33. The van der Waals surface area contributed by atoms with E-state index in [1.165, 1.54) is 108 Å². The van der Waals surface area contributed by atoms with Crippen molar-refractivity contribution in [1.29, 1.82) is 31.6 Å². The maximum absolute atomic E-state index is 6.25. The Balaban J connectivity index is -0.00000108. The molecule has 2 spiro atoms. The number of hydrogen-bond donors (Lipinski definition) is 2. The summed E-state index contributed by atoms with van der Waals surface area (Å²) in [6.07, 6.45) is 24.3. The van der Waals surface area contributed by atoms with Crippen molar-refractivity contribution < 1.29 is 61.8 Å². The molecule has 0 atom stereocenters. The summed E-state index contributed by atoms with van der Waals surface area (Å²) in [7, 11) is 0. The van der Waals surface area contributed by atoms with Gasteiger partial charge in [-0.25, -0.2) is 0 Å². The first-order chi connectivity index (χ1) is 34.5. The molecule has 4 aliphatic rings. The molecule has 0 unspecified atom stereocenters. The number of allylic oxidation sites excluding steroid dienone is 10. The molecule has 2 aliphatic carbocycles. The number of benzene rings is 4. The van der Waals surface area contributed by atoms with E-state index in [1.54, 1.807) is 0 Å². The van der Waals surface area contributed by atoms with Crippen LogP contribution in [-0.2, 0) is 51.2 Å². The Labute approximate surface area is 469 Å². The van der Waals surface area contributed by atoms with Gasteiger partial charge in [0.2, 0.25) is 0 Å². The van der Waals surface area contributed by atoms with Gasteiger partial charge in [0.25, 0.3) is 0 Å². The van der Waals surface area contributed by atoms with E-state index in [0.29, 0.717) is 0 Å². The summed E-state index contributed by atoms with van der Waals surface area (Å²) in [5.74, 6) is 0. The molecule has 2 fully saturated rings. The molecule has 2 saturated heterocycles. The van der Waals surface area contributed by atoms with Crippen molar-refractivity contribution in [2.75, 3.05) is 62.2 Å². The second-order valence-electron chi connectivity index (χ2n) is 16.4. The SMILES string of the molecule is CCN(CC)c1ccc(C(=C2C=CC3(C=C2)CC[NH2+]CC3)c2ccccc2)cc1.CCN(CC)c1ccc(C(=C2C=CC3(C=C2)CC[NH2+]CC3)c2ccccc2)cc1.[C-]#N.[C-]#N.[C-]#N.[C-]#N.[C-]#N.[C-]#N.[Cu+].[Cu+].[Fe+2]. The number of rotatable bonds is 10. The fraction of sp³-hybridized carbons (Fsp3) is 0.300. The molecule has 4 aromatic carbocycles. The monoisotopic (exact) mass is 1110 g/mol. The van der Waals surface area contributed by atoms with Gasteiger partial charge >= 0.3 is 51.2 Å². The van der Waals surface area contributed by atoms with Gasteiger partial charge in [0.1, 0.15) is 0 Å². The summed E-state index contributed by atoms with van der Waals surface area (Å²) in [5.41, 5.74) is 13.5. The van der Waals surface area contributed by atoms with Crippen LogP contribution in [-0.4, -0.2) is 52.4 Å². The molecule has 0 aromatic heterocycles.